The molecule has 2 heteroatoms. The van der Waals surface area contributed by atoms with Crippen LogP contribution in [0.1, 0.15) is 31.9 Å². The Kier molecular flexibility index (Phi) is 3.82. The SMILES string of the molecule is CC(C)(C)c1ccc(N)c(C#CCBr)c1. The Balaban J connectivity index is 3.17. The van der Waals surface area contributed by atoms with Gasteiger partial charge in [0.15, 0.2) is 0 Å². The molecule has 0 radical (unpaired) electrons. The zero-order valence-electron chi connectivity index (χ0n) is 9.39. The van der Waals surface area contributed by atoms with Crippen molar-refractivity contribution in [3.8, 4) is 11.8 Å². The van der Waals surface area contributed by atoms with E-state index in [9.17, 15) is 0 Å². The van der Waals surface area contributed by atoms with E-state index in [2.05, 4.69) is 60.7 Å². The lowest BCUT2D eigenvalue weighted by molar-refractivity contribution is 0.590. The molecule has 0 fully saturated rings. The number of nitrogen functional groups attached to an aromatic ring is 1. The number of hydrogen-bond donors (Lipinski definition) is 1. The first-order valence-corrected chi connectivity index (χ1v) is 6.02. The zero-order chi connectivity index (χ0) is 11.5. The van der Waals surface area contributed by atoms with Gasteiger partial charge >= 0.3 is 0 Å². The first-order chi connectivity index (χ1) is 6.95. The summed E-state index contributed by atoms with van der Waals surface area (Å²) in [6, 6.07) is 6.07. The van der Waals surface area contributed by atoms with Crippen LogP contribution < -0.4 is 5.73 Å². The van der Waals surface area contributed by atoms with Crippen molar-refractivity contribution in [3.63, 3.8) is 0 Å². The number of hydrogen-bond acceptors (Lipinski definition) is 1. The summed E-state index contributed by atoms with van der Waals surface area (Å²) in [6.45, 7) is 6.54. The number of anilines is 1. The molecule has 15 heavy (non-hydrogen) atoms. The second kappa shape index (κ2) is 4.72. The van der Waals surface area contributed by atoms with Gasteiger partial charge in [-0.25, -0.2) is 0 Å². The summed E-state index contributed by atoms with van der Waals surface area (Å²) in [7, 11) is 0. The molecular weight excluding hydrogens is 250 g/mol. The van der Waals surface area contributed by atoms with Crippen molar-refractivity contribution in [1.29, 1.82) is 0 Å². The fraction of sp³-hybridized carbons (Fsp3) is 0.385. The Bertz CT molecular complexity index is 405. The Hall–Kier alpha value is -0.940. The number of alkyl halides is 1. The fourth-order valence-corrected chi connectivity index (χ4v) is 1.40. The van der Waals surface area contributed by atoms with Crippen molar-refractivity contribution >= 4 is 21.6 Å². The van der Waals surface area contributed by atoms with Gasteiger partial charge in [0.05, 0.1) is 5.33 Å². The largest absolute Gasteiger partial charge is 0.398 e. The molecule has 0 saturated carbocycles. The van der Waals surface area contributed by atoms with E-state index < -0.39 is 0 Å². The lowest BCUT2D eigenvalue weighted by Crippen LogP contribution is -2.11. The molecule has 0 unspecified atom stereocenters. The van der Waals surface area contributed by atoms with Crippen LogP contribution in [0, 0.1) is 11.8 Å². The maximum atomic E-state index is 5.86. The van der Waals surface area contributed by atoms with Crippen LogP contribution in [0.25, 0.3) is 0 Å². The summed E-state index contributed by atoms with van der Waals surface area (Å²) in [5, 5.41) is 0.673. The highest BCUT2D eigenvalue weighted by Crippen LogP contribution is 2.25. The fourth-order valence-electron chi connectivity index (χ4n) is 1.26. The molecule has 1 aromatic rings. The number of benzene rings is 1. The average Bonchev–Trinajstić information content (AvgIpc) is 2.15. The van der Waals surface area contributed by atoms with E-state index in [4.69, 9.17) is 5.73 Å². The third kappa shape index (κ3) is 3.28. The van der Waals surface area contributed by atoms with Gasteiger partial charge in [0.2, 0.25) is 0 Å². The van der Waals surface area contributed by atoms with Crippen molar-refractivity contribution in [1.82, 2.24) is 0 Å². The summed E-state index contributed by atoms with van der Waals surface area (Å²) < 4.78 is 0. The average molecular weight is 266 g/mol. The molecule has 0 aliphatic carbocycles. The first kappa shape index (κ1) is 12.1. The van der Waals surface area contributed by atoms with Crippen LogP contribution in [0.15, 0.2) is 18.2 Å². The van der Waals surface area contributed by atoms with Gasteiger partial charge in [0.1, 0.15) is 0 Å². The Labute approximate surface area is 100 Å². The first-order valence-electron chi connectivity index (χ1n) is 4.90. The lowest BCUT2D eigenvalue weighted by Gasteiger charge is -2.19. The van der Waals surface area contributed by atoms with Crippen LogP contribution in [-0.2, 0) is 5.41 Å². The van der Waals surface area contributed by atoms with Crippen molar-refractivity contribution in [2.24, 2.45) is 0 Å². The molecule has 0 bridgehead atoms. The van der Waals surface area contributed by atoms with Crippen molar-refractivity contribution in [2.45, 2.75) is 26.2 Å². The summed E-state index contributed by atoms with van der Waals surface area (Å²) in [4.78, 5) is 0. The standard InChI is InChI=1S/C13H16BrN/c1-13(2,3)11-6-7-12(15)10(9-11)5-4-8-14/h6-7,9H,8,15H2,1-3H3. The van der Waals surface area contributed by atoms with Crippen LogP contribution in [0.3, 0.4) is 0 Å². The van der Waals surface area contributed by atoms with Crippen LogP contribution in [-0.4, -0.2) is 5.33 Å². The smallest absolute Gasteiger partial charge is 0.0649 e. The van der Waals surface area contributed by atoms with E-state index in [1.165, 1.54) is 5.56 Å². The van der Waals surface area contributed by atoms with Crippen LogP contribution >= 0.6 is 15.9 Å². The minimum absolute atomic E-state index is 0.137. The van der Waals surface area contributed by atoms with Crippen LogP contribution in [0.4, 0.5) is 5.69 Å². The van der Waals surface area contributed by atoms with E-state index in [1.54, 1.807) is 0 Å². The maximum absolute atomic E-state index is 5.86. The highest BCUT2D eigenvalue weighted by molar-refractivity contribution is 9.09. The lowest BCUT2D eigenvalue weighted by atomic mass is 9.86. The Morgan fingerprint density at radius 3 is 2.53 bits per heavy atom. The van der Waals surface area contributed by atoms with E-state index >= 15 is 0 Å². The number of halogens is 1. The van der Waals surface area contributed by atoms with Gasteiger partial charge in [-0.15, -0.1) is 0 Å². The molecule has 1 rings (SSSR count). The van der Waals surface area contributed by atoms with Gasteiger partial charge < -0.3 is 5.73 Å². The highest BCUT2D eigenvalue weighted by Gasteiger charge is 2.14. The molecule has 0 spiro atoms. The monoisotopic (exact) mass is 265 g/mol. The van der Waals surface area contributed by atoms with Crippen molar-refractivity contribution in [2.75, 3.05) is 11.1 Å². The number of nitrogens with two attached hydrogens (primary N) is 1. The minimum atomic E-state index is 0.137. The van der Waals surface area contributed by atoms with Crippen molar-refractivity contribution in [3.05, 3.63) is 29.3 Å². The molecule has 80 valence electrons. The summed E-state index contributed by atoms with van der Waals surface area (Å²) >= 11 is 3.28. The topological polar surface area (TPSA) is 26.0 Å². The molecule has 0 aromatic heterocycles. The molecule has 0 saturated heterocycles. The molecule has 1 aromatic carbocycles. The number of rotatable bonds is 0. The molecule has 0 aliphatic rings. The van der Waals surface area contributed by atoms with Crippen LogP contribution in [0.5, 0.6) is 0 Å². The minimum Gasteiger partial charge on any atom is -0.398 e. The zero-order valence-corrected chi connectivity index (χ0v) is 11.0. The predicted octanol–water partition coefficient (Wildman–Crippen LogP) is 3.31. The Morgan fingerprint density at radius 2 is 2.00 bits per heavy atom. The molecule has 0 heterocycles. The highest BCUT2D eigenvalue weighted by atomic mass is 79.9. The van der Waals surface area contributed by atoms with E-state index in [0.717, 1.165) is 11.3 Å². The molecule has 0 aliphatic heterocycles. The van der Waals surface area contributed by atoms with E-state index in [0.29, 0.717) is 5.33 Å². The van der Waals surface area contributed by atoms with Gasteiger partial charge in [-0.05, 0) is 23.1 Å². The summed E-state index contributed by atoms with van der Waals surface area (Å²) in [5.41, 5.74) is 8.92. The van der Waals surface area contributed by atoms with E-state index in [-0.39, 0.29) is 5.41 Å². The normalized spacial score (nSPS) is 10.7. The quantitative estimate of drug-likeness (QED) is 0.435. The maximum Gasteiger partial charge on any atom is 0.0649 e. The van der Waals surface area contributed by atoms with Crippen LogP contribution in [0.2, 0.25) is 0 Å². The second-order valence-electron chi connectivity index (χ2n) is 4.49. The predicted molar refractivity (Wildman–Crippen MR) is 70.2 cm³/mol. The van der Waals surface area contributed by atoms with Gasteiger partial charge in [0.25, 0.3) is 0 Å². The summed E-state index contributed by atoms with van der Waals surface area (Å²) in [6.07, 6.45) is 0. The summed E-state index contributed by atoms with van der Waals surface area (Å²) in [5.74, 6) is 6.02. The second-order valence-corrected chi connectivity index (χ2v) is 5.05. The third-order valence-electron chi connectivity index (χ3n) is 2.21. The molecule has 0 atom stereocenters. The Morgan fingerprint density at radius 1 is 1.33 bits per heavy atom. The van der Waals surface area contributed by atoms with Gasteiger partial charge in [0, 0.05) is 11.3 Å². The van der Waals surface area contributed by atoms with E-state index in [1.807, 2.05) is 6.07 Å². The molecular formula is C13H16BrN. The van der Waals surface area contributed by atoms with Gasteiger partial charge in [-0.3, -0.25) is 0 Å². The van der Waals surface area contributed by atoms with Gasteiger partial charge in [-0.2, -0.15) is 0 Å². The molecule has 1 nitrogen and oxygen atoms in total. The van der Waals surface area contributed by atoms with Gasteiger partial charge in [-0.1, -0.05) is 54.6 Å². The third-order valence-corrected chi connectivity index (χ3v) is 2.49. The van der Waals surface area contributed by atoms with Crippen molar-refractivity contribution < 1.29 is 0 Å². The molecule has 2 N–H and O–H groups in total. The molecule has 0 amide bonds.